The summed E-state index contributed by atoms with van der Waals surface area (Å²) >= 11 is 7.85. The Morgan fingerprint density at radius 2 is 2.12 bits per heavy atom. The lowest BCUT2D eigenvalue weighted by atomic mass is 10.0. The van der Waals surface area contributed by atoms with E-state index in [9.17, 15) is 0 Å². The fourth-order valence-electron chi connectivity index (χ4n) is 1.48. The molecule has 92 valence electrons. The summed E-state index contributed by atoms with van der Waals surface area (Å²) in [6, 6.07) is 2.11. The average Bonchev–Trinajstić information content (AvgIpc) is 2.59. The van der Waals surface area contributed by atoms with E-state index < -0.39 is 0 Å². The number of thiophene rings is 1. The molecule has 0 fully saturated rings. The van der Waals surface area contributed by atoms with Gasteiger partial charge in [-0.05, 0) is 33.8 Å². The minimum absolute atomic E-state index is 0.00671. The number of fused-ring (bicyclic) bond motifs is 1. The van der Waals surface area contributed by atoms with E-state index in [1.165, 1.54) is 4.88 Å². The van der Waals surface area contributed by atoms with Crippen LogP contribution in [0.3, 0.4) is 0 Å². The maximum absolute atomic E-state index is 6.17. The van der Waals surface area contributed by atoms with Crippen molar-refractivity contribution in [3.63, 3.8) is 0 Å². The van der Waals surface area contributed by atoms with Crippen molar-refractivity contribution in [2.24, 2.45) is 0 Å². The Morgan fingerprint density at radius 3 is 2.76 bits per heavy atom. The van der Waals surface area contributed by atoms with E-state index in [4.69, 9.17) is 11.6 Å². The minimum atomic E-state index is -0.210. The van der Waals surface area contributed by atoms with Crippen molar-refractivity contribution in [1.29, 1.82) is 0 Å². The average molecular weight is 270 g/mol. The molecule has 1 atom stereocenters. The van der Waals surface area contributed by atoms with Crippen LogP contribution in [0.2, 0.25) is 0 Å². The first-order chi connectivity index (χ1) is 7.90. The summed E-state index contributed by atoms with van der Waals surface area (Å²) in [5.41, 5.74) is -0.210. The summed E-state index contributed by atoms with van der Waals surface area (Å²) < 4.78 is 0. The zero-order valence-electron chi connectivity index (χ0n) is 10.4. The van der Waals surface area contributed by atoms with E-state index in [0.29, 0.717) is 0 Å². The highest BCUT2D eigenvalue weighted by Crippen LogP contribution is 2.30. The van der Waals surface area contributed by atoms with Crippen molar-refractivity contribution in [3.8, 4) is 0 Å². The van der Waals surface area contributed by atoms with Gasteiger partial charge in [-0.15, -0.1) is 22.9 Å². The SMILES string of the molecule is Cc1cc2c(NC(C)(C)C(C)Cl)ncnc2s1. The molecule has 17 heavy (non-hydrogen) atoms. The Bertz CT molecular complexity index is 534. The molecule has 0 aliphatic carbocycles. The van der Waals surface area contributed by atoms with Gasteiger partial charge in [-0.3, -0.25) is 0 Å². The van der Waals surface area contributed by atoms with Crippen LogP contribution in [0.1, 0.15) is 25.6 Å². The number of halogens is 1. The van der Waals surface area contributed by atoms with Gasteiger partial charge < -0.3 is 5.32 Å². The van der Waals surface area contributed by atoms with Gasteiger partial charge in [-0.1, -0.05) is 0 Å². The van der Waals surface area contributed by atoms with E-state index in [2.05, 4.69) is 42.1 Å². The van der Waals surface area contributed by atoms with Gasteiger partial charge in [0.05, 0.1) is 10.8 Å². The fourth-order valence-corrected chi connectivity index (χ4v) is 2.38. The van der Waals surface area contributed by atoms with Gasteiger partial charge in [0, 0.05) is 10.4 Å². The van der Waals surface area contributed by atoms with Gasteiger partial charge in [0.15, 0.2) is 0 Å². The molecular formula is C12H16ClN3S. The number of alkyl halides is 1. The molecule has 0 saturated heterocycles. The predicted octanol–water partition coefficient (Wildman–Crippen LogP) is 3.82. The number of hydrogen-bond acceptors (Lipinski definition) is 4. The Hall–Kier alpha value is -0.870. The number of hydrogen-bond donors (Lipinski definition) is 1. The molecule has 0 aliphatic heterocycles. The number of nitrogens with zero attached hydrogens (tertiary/aromatic N) is 2. The third-order valence-corrected chi connectivity index (χ3v) is 4.39. The van der Waals surface area contributed by atoms with Crippen LogP contribution in [-0.2, 0) is 0 Å². The third kappa shape index (κ3) is 2.53. The molecule has 0 saturated carbocycles. The summed E-state index contributed by atoms with van der Waals surface area (Å²) in [6.45, 7) is 8.19. The number of anilines is 1. The first-order valence-electron chi connectivity index (χ1n) is 5.53. The van der Waals surface area contributed by atoms with Gasteiger partial charge in [-0.25, -0.2) is 9.97 Å². The van der Waals surface area contributed by atoms with E-state index in [1.54, 1.807) is 17.7 Å². The van der Waals surface area contributed by atoms with Crippen LogP contribution in [0.4, 0.5) is 5.82 Å². The molecule has 2 heterocycles. The molecule has 0 aliphatic rings. The zero-order valence-corrected chi connectivity index (χ0v) is 12.0. The molecule has 1 N–H and O–H groups in total. The van der Waals surface area contributed by atoms with Crippen LogP contribution in [0.5, 0.6) is 0 Å². The second-order valence-electron chi connectivity index (χ2n) is 4.76. The number of aromatic nitrogens is 2. The van der Waals surface area contributed by atoms with E-state index in [-0.39, 0.29) is 10.9 Å². The molecule has 3 nitrogen and oxygen atoms in total. The lowest BCUT2D eigenvalue weighted by molar-refractivity contribution is 0.553. The first kappa shape index (κ1) is 12.6. The van der Waals surface area contributed by atoms with Crippen LogP contribution in [0.15, 0.2) is 12.4 Å². The van der Waals surface area contributed by atoms with Crippen LogP contribution >= 0.6 is 22.9 Å². The largest absolute Gasteiger partial charge is 0.363 e. The van der Waals surface area contributed by atoms with E-state index in [1.807, 2.05) is 6.92 Å². The second kappa shape index (κ2) is 4.42. The second-order valence-corrected chi connectivity index (χ2v) is 6.65. The maximum Gasteiger partial charge on any atom is 0.138 e. The summed E-state index contributed by atoms with van der Waals surface area (Å²) in [7, 11) is 0. The highest BCUT2D eigenvalue weighted by molar-refractivity contribution is 7.18. The molecule has 0 amide bonds. The summed E-state index contributed by atoms with van der Waals surface area (Å²) in [5.74, 6) is 0.858. The van der Waals surface area contributed by atoms with Crippen LogP contribution < -0.4 is 5.32 Å². The molecule has 0 spiro atoms. The molecule has 2 aromatic heterocycles. The van der Waals surface area contributed by atoms with E-state index in [0.717, 1.165) is 16.0 Å². The van der Waals surface area contributed by atoms with Crippen molar-refractivity contribution in [2.75, 3.05) is 5.32 Å². The predicted molar refractivity (Wildman–Crippen MR) is 75.2 cm³/mol. The maximum atomic E-state index is 6.17. The Labute approximate surface area is 110 Å². The highest BCUT2D eigenvalue weighted by atomic mass is 35.5. The van der Waals surface area contributed by atoms with Crippen LogP contribution in [0, 0.1) is 6.92 Å². The Kier molecular flexibility index (Phi) is 3.27. The van der Waals surface area contributed by atoms with Gasteiger partial charge in [-0.2, -0.15) is 0 Å². The summed E-state index contributed by atoms with van der Waals surface area (Å²) in [6.07, 6.45) is 1.59. The summed E-state index contributed by atoms with van der Waals surface area (Å²) in [5, 5.41) is 4.47. The third-order valence-electron chi connectivity index (χ3n) is 2.89. The van der Waals surface area contributed by atoms with Crippen molar-refractivity contribution in [2.45, 2.75) is 38.6 Å². The first-order valence-corrected chi connectivity index (χ1v) is 6.79. The summed E-state index contributed by atoms with van der Waals surface area (Å²) in [4.78, 5) is 10.8. The highest BCUT2D eigenvalue weighted by Gasteiger charge is 2.25. The quantitative estimate of drug-likeness (QED) is 0.861. The van der Waals surface area contributed by atoms with Gasteiger partial charge in [0.2, 0.25) is 0 Å². The molecule has 0 aromatic carbocycles. The Balaban J connectivity index is 2.42. The molecule has 2 aromatic rings. The van der Waals surface area contributed by atoms with Crippen molar-refractivity contribution in [3.05, 3.63) is 17.3 Å². The van der Waals surface area contributed by atoms with Gasteiger partial charge >= 0.3 is 0 Å². The number of aryl methyl sites for hydroxylation is 1. The number of rotatable bonds is 3. The lowest BCUT2D eigenvalue weighted by Gasteiger charge is -2.29. The monoisotopic (exact) mass is 269 g/mol. The molecular weight excluding hydrogens is 254 g/mol. The fraction of sp³-hybridized carbons (Fsp3) is 0.500. The smallest absolute Gasteiger partial charge is 0.138 e. The van der Waals surface area contributed by atoms with Crippen molar-refractivity contribution < 1.29 is 0 Å². The topological polar surface area (TPSA) is 37.8 Å². The standard InChI is InChI=1S/C12H16ClN3S/c1-7-5-9-10(14-6-15-11(9)17-7)16-12(3,4)8(2)13/h5-6,8H,1-4H3,(H,14,15,16). The van der Waals surface area contributed by atoms with E-state index >= 15 is 0 Å². The minimum Gasteiger partial charge on any atom is -0.363 e. The van der Waals surface area contributed by atoms with Gasteiger partial charge in [0.1, 0.15) is 17.0 Å². The zero-order chi connectivity index (χ0) is 12.6. The van der Waals surface area contributed by atoms with Crippen LogP contribution in [-0.4, -0.2) is 20.9 Å². The van der Waals surface area contributed by atoms with Gasteiger partial charge in [0.25, 0.3) is 0 Å². The van der Waals surface area contributed by atoms with Crippen molar-refractivity contribution in [1.82, 2.24) is 9.97 Å². The molecule has 1 unspecified atom stereocenters. The molecule has 0 radical (unpaired) electrons. The molecule has 2 rings (SSSR count). The lowest BCUT2D eigenvalue weighted by Crippen LogP contribution is -2.39. The van der Waals surface area contributed by atoms with Crippen molar-refractivity contribution >= 4 is 39.0 Å². The normalized spacial score (nSPS) is 13.9. The Morgan fingerprint density at radius 1 is 1.41 bits per heavy atom. The molecule has 0 bridgehead atoms. The van der Waals surface area contributed by atoms with Crippen LogP contribution in [0.25, 0.3) is 10.2 Å². The molecule has 5 heteroatoms. The number of nitrogens with one attached hydrogen (secondary N) is 1.